The van der Waals surface area contributed by atoms with Crippen LogP contribution in [0, 0.1) is 17.2 Å². The van der Waals surface area contributed by atoms with Gasteiger partial charge in [0, 0.05) is 12.7 Å². The van der Waals surface area contributed by atoms with Gasteiger partial charge in [0.1, 0.15) is 11.9 Å². The molecule has 1 aromatic rings. The van der Waals surface area contributed by atoms with Gasteiger partial charge in [-0.3, -0.25) is 0 Å². The molecule has 0 amide bonds. The van der Waals surface area contributed by atoms with Gasteiger partial charge in [-0.15, -0.1) is 0 Å². The van der Waals surface area contributed by atoms with Gasteiger partial charge in [0.25, 0.3) is 0 Å². The van der Waals surface area contributed by atoms with Gasteiger partial charge >= 0.3 is 0 Å². The van der Waals surface area contributed by atoms with Crippen molar-refractivity contribution in [1.29, 1.82) is 5.26 Å². The Morgan fingerprint density at radius 3 is 2.62 bits per heavy atom. The number of pyridine rings is 1. The lowest BCUT2D eigenvalue weighted by Crippen LogP contribution is -2.47. The molecule has 86 valence electrons. The first kappa shape index (κ1) is 12.5. The van der Waals surface area contributed by atoms with Crippen LogP contribution >= 0.6 is 0 Å². The van der Waals surface area contributed by atoms with Crippen molar-refractivity contribution in [3.05, 3.63) is 23.9 Å². The molecule has 0 fully saturated rings. The van der Waals surface area contributed by atoms with Crippen LogP contribution in [0.3, 0.4) is 0 Å². The van der Waals surface area contributed by atoms with Crippen LogP contribution < -0.4 is 11.1 Å². The highest BCUT2D eigenvalue weighted by Gasteiger charge is 2.26. The number of hydrogen-bond acceptors (Lipinski definition) is 4. The second kappa shape index (κ2) is 4.95. The Kier molecular flexibility index (Phi) is 3.86. The quantitative estimate of drug-likeness (QED) is 0.807. The molecule has 0 aliphatic rings. The van der Waals surface area contributed by atoms with E-state index in [0.717, 1.165) is 5.82 Å². The van der Waals surface area contributed by atoms with Crippen molar-refractivity contribution < 1.29 is 0 Å². The largest absolute Gasteiger partial charge is 0.363 e. The molecule has 0 aromatic carbocycles. The van der Waals surface area contributed by atoms with E-state index < -0.39 is 0 Å². The maximum Gasteiger partial charge on any atom is 0.126 e. The van der Waals surface area contributed by atoms with Crippen LogP contribution in [0.5, 0.6) is 0 Å². The van der Waals surface area contributed by atoms with E-state index in [1.54, 1.807) is 18.3 Å². The molecule has 0 bridgehead atoms. The van der Waals surface area contributed by atoms with Crippen LogP contribution in [0.15, 0.2) is 18.3 Å². The van der Waals surface area contributed by atoms with Crippen LogP contribution in [0.25, 0.3) is 0 Å². The van der Waals surface area contributed by atoms with Gasteiger partial charge in [-0.05, 0) is 25.0 Å². The average Bonchev–Trinajstić information content (AvgIpc) is 2.29. The molecule has 0 aliphatic carbocycles. The molecule has 1 aromatic heterocycles. The van der Waals surface area contributed by atoms with E-state index in [2.05, 4.69) is 31.1 Å². The molecule has 4 heteroatoms. The topological polar surface area (TPSA) is 74.7 Å². The summed E-state index contributed by atoms with van der Waals surface area (Å²) in [6.07, 6.45) is 1.56. The third-order valence-corrected chi connectivity index (χ3v) is 3.00. The van der Waals surface area contributed by atoms with Gasteiger partial charge in [-0.1, -0.05) is 13.8 Å². The standard InChI is InChI=1S/C12H18N4/c1-9(2)12(3,8-14)16-11-5-4-10(6-13)7-15-11/h4-5,7,9H,8,14H2,1-3H3,(H,15,16). The fourth-order valence-corrected chi connectivity index (χ4v) is 1.26. The number of nitrogens with zero attached hydrogens (tertiary/aromatic N) is 2. The summed E-state index contributed by atoms with van der Waals surface area (Å²) in [5.41, 5.74) is 6.15. The highest BCUT2D eigenvalue weighted by molar-refractivity contribution is 5.41. The molecule has 1 atom stereocenters. The average molecular weight is 218 g/mol. The van der Waals surface area contributed by atoms with E-state index >= 15 is 0 Å². The maximum atomic E-state index is 8.67. The zero-order valence-electron chi connectivity index (χ0n) is 9.99. The van der Waals surface area contributed by atoms with E-state index in [9.17, 15) is 0 Å². The van der Waals surface area contributed by atoms with Gasteiger partial charge in [-0.25, -0.2) is 4.98 Å². The second-order valence-corrected chi connectivity index (χ2v) is 4.45. The Balaban J connectivity index is 2.83. The van der Waals surface area contributed by atoms with Crippen LogP contribution in [-0.2, 0) is 0 Å². The van der Waals surface area contributed by atoms with E-state index in [1.807, 2.05) is 6.07 Å². The SMILES string of the molecule is CC(C)C(C)(CN)Nc1ccc(C#N)cn1. The number of hydrogen-bond donors (Lipinski definition) is 2. The number of nitrogens with one attached hydrogen (secondary N) is 1. The zero-order valence-corrected chi connectivity index (χ0v) is 9.99. The molecule has 1 rings (SSSR count). The van der Waals surface area contributed by atoms with Crippen molar-refractivity contribution in [3.8, 4) is 6.07 Å². The molecule has 3 N–H and O–H groups in total. The Morgan fingerprint density at radius 1 is 1.56 bits per heavy atom. The summed E-state index contributed by atoms with van der Waals surface area (Å²) in [4.78, 5) is 4.18. The summed E-state index contributed by atoms with van der Waals surface area (Å²) >= 11 is 0. The van der Waals surface area contributed by atoms with Crippen molar-refractivity contribution in [2.75, 3.05) is 11.9 Å². The van der Waals surface area contributed by atoms with E-state index in [0.29, 0.717) is 18.0 Å². The van der Waals surface area contributed by atoms with Crippen molar-refractivity contribution in [2.45, 2.75) is 26.3 Å². The fraction of sp³-hybridized carbons (Fsp3) is 0.500. The van der Waals surface area contributed by atoms with Crippen LogP contribution in [0.2, 0.25) is 0 Å². The van der Waals surface area contributed by atoms with E-state index in [1.165, 1.54) is 0 Å². The molecule has 1 heterocycles. The number of anilines is 1. The number of nitrogens with two attached hydrogens (primary N) is 1. The van der Waals surface area contributed by atoms with E-state index in [4.69, 9.17) is 11.0 Å². The summed E-state index contributed by atoms with van der Waals surface area (Å²) in [7, 11) is 0. The minimum absolute atomic E-state index is 0.179. The Bertz CT molecular complexity index is 377. The number of rotatable bonds is 4. The Labute approximate surface area is 96.5 Å². The molecule has 0 saturated heterocycles. The summed E-state index contributed by atoms with van der Waals surface area (Å²) in [5, 5.41) is 12.0. The second-order valence-electron chi connectivity index (χ2n) is 4.45. The Morgan fingerprint density at radius 2 is 2.25 bits per heavy atom. The molecule has 0 aliphatic heterocycles. The fourth-order valence-electron chi connectivity index (χ4n) is 1.26. The van der Waals surface area contributed by atoms with Gasteiger partial charge in [0.05, 0.1) is 11.1 Å². The lowest BCUT2D eigenvalue weighted by atomic mass is 9.88. The lowest BCUT2D eigenvalue weighted by molar-refractivity contribution is 0.381. The minimum atomic E-state index is -0.179. The summed E-state index contributed by atoms with van der Waals surface area (Å²) in [6.45, 7) is 6.83. The summed E-state index contributed by atoms with van der Waals surface area (Å²) in [6, 6.07) is 5.58. The number of aromatic nitrogens is 1. The van der Waals surface area contributed by atoms with Gasteiger partial charge in [-0.2, -0.15) is 5.26 Å². The predicted octanol–water partition coefficient (Wildman–Crippen LogP) is 1.74. The molecular weight excluding hydrogens is 200 g/mol. The van der Waals surface area contributed by atoms with Crippen molar-refractivity contribution in [1.82, 2.24) is 4.98 Å². The normalized spacial score (nSPS) is 14.2. The maximum absolute atomic E-state index is 8.67. The van der Waals surface area contributed by atoms with Gasteiger partial charge in [0.15, 0.2) is 0 Å². The number of nitriles is 1. The summed E-state index contributed by atoms with van der Waals surface area (Å²) < 4.78 is 0. The van der Waals surface area contributed by atoms with Gasteiger partial charge in [0.2, 0.25) is 0 Å². The third-order valence-electron chi connectivity index (χ3n) is 3.00. The lowest BCUT2D eigenvalue weighted by Gasteiger charge is -2.34. The summed E-state index contributed by atoms with van der Waals surface area (Å²) in [5.74, 6) is 1.15. The third kappa shape index (κ3) is 2.71. The molecule has 0 radical (unpaired) electrons. The molecular formula is C12H18N4. The Hall–Kier alpha value is -1.60. The monoisotopic (exact) mass is 218 g/mol. The predicted molar refractivity (Wildman–Crippen MR) is 64.9 cm³/mol. The van der Waals surface area contributed by atoms with Crippen molar-refractivity contribution in [2.24, 2.45) is 11.7 Å². The zero-order chi connectivity index (χ0) is 12.2. The molecule has 1 unspecified atom stereocenters. The smallest absolute Gasteiger partial charge is 0.126 e. The van der Waals surface area contributed by atoms with E-state index in [-0.39, 0.29) is 5.54 Å². The van der Waals surface area contributed by atoms with Crippen LogP contribution in [-0.4, -0.2) is 17.1 Å². The molecule has 16 heavy (non-hydrogen) atoms. The highest BCUT2D eigenvalue weighted by atomic mass is 15.1. The minimum Gasteiger partial charge on any atom is -0.363 e. The molecule has 0 saturated carbocycles. The first-order chi connectivity index (χ1) is 7.51. The van der Waals surface area contributed by atoms with Crippen molar-refractivity contribution >= 4 is 5.82 Å². The van der Waals surface area contributed by atoms with Crippen molar-refractivity contribution in [3.63, 3.8) is 0 Å². The molecule has 0 spiro atoms. The van der Waals surface area contributed by atoms with Crippen LogP contribution in [0.4, 0.5) is 5.82 Å². The van der Waals surface area contributed by atoms with Gasteiger partial charge < -0.3 is 11.1 Å². The first-order valence-corrected chi connectivity index (χ1v) is 5.36. The molecule has 4 nitrogen and oxygen atoms in total. The first-order valence-electron chi connectivity index (χ1n) is 5.36. The van der Waals surface area contributed by atoms with Crippen LogP contribution in [0.1, 0.15) is 26.3 Å². The highest BCUT2D eigenvalue weighted by Crippen LogP contribution is 2.20.